The van der Waals surface area contributed by atoms with Gasteiger partial charge in [-0.25, -0.2) is 4.79 Å². The van der Waals surface area contributed by atoms with Gasteiger partial charge in [0.05, 0.1) is 0 Å². The van der Waals surface area contributed by atoms with Crippen LogP contribution < -0.4 is 5.32 Å². The summed E-state index contributed by atoms with van der Waals surface area (Å²) in [5.74, 6) is 0.500. The average molecular weight is 343 g/mol. The van der Waals surface area contributed by atoms with Gasteiger partial charge in [-0.05, 0) is 38.8 Å². The predicted octanol–water partition coefficient (Wildman–Crippen LogP) is 3.75. The van der Waals surface area contributed by atoms with Crippen molar-refractivity contribution in [3.05, 3.63) is 59.0 Å². The van der Waals surface area contributed by atoms with Crippen molar-refractivity contribution in [2.45, 2.75) is 46.1 Å². The van der Waals surface area contributed by atoms with Gasteiger partial charge < -0.3 is 14.5 Å². The van der Waals surface area contributed by atoms with E-state index in [9.17, 15) is 9.59 Å². The summed E-state index contributed by atoms with van der Waals surface area (Å²) in [6.45, 7) is 7.61. The largest absolute Gasteiger partial charge is 0.466 e. The summed E-state index contributed by atoms with van der Waals surface area (Å²) < 4.78 is 10.6. The van der Waals surface area contributed by atoms with E-state index in [0.29, 0.717) is 23.6 Å². The van der Waals surface area contributed by atoms with E-state index in [1.54, 1.807) is 26.8 Å². The fourth-order valence-electron chi connectivity index (χ4n) is 2.70. The van der Waals surface area contributed by atoms with Gasteiger partial charge in [0, 0.05) is 12.5 Å². The Morgan fingerprint density at radius 3 is 2.44 bits per heavy atom. The molecule has 5 heteroatoms. The Morgan fingerprint density at radius 2 is 1.88 bits per heavy atom. The molecule has 0 saturated heterocycles. The third-order valence-corrected chi connectivity index (χ3v) is 4.20. The molecule has 0 bridgehead atoms. The van der Waals surface area contributed by atoms with Crippen LogP contribution in [0.25, 0.3) is 0 Å². The highest BCUT2D eigenvalue weighted by molar-refractivity contribution is 5.93. The quantitative estimate of drug-likeness (QED) is 0.777. The Balaban J connectivity index is 1.89. The van der Waals surface area contributed by atoms with Gasteiger partial charge in [0.1, 0.15) is 17.1 Å². The highest BCUT2D eigenvalue weighted by atomic mass is 16.5. The van der Waals surface area contributed by atoms with Gasteiger partial charge in [-0.1, -0.05) is 37.3 Å². The topological polar surface area (TPSA) is 68.5 Å². The van der Waals surface area contributed by atoms with E-state index in [1.807, 2.05) is 30.3 Å². The lowest BCUT2D eigenvalue weighted by Crippen LogP contribution is -2.38. The van der Waals surface area contributed by atoms with Crippen molar-refractivity contribution in [1.82, 2.24) is 5.32 Å². The van der Waals surface area contributed by atoms with Crippen LogP contribution in [-0.4, -0.2) is 24.5 Å². The van der Waals surface area contributed by atoms with E-state index >= 15 is 0 Å². The summed E-state index contributed by atoms with van der Waals surface area (Å²) in [6, 6.07) is 11.7. The van der Waals surface area contributed by atoms with Crippen molar-refractivity contribution < 1.29 is 18.7 Å². The number of carbonyl (C=O) groups excluding carboxylic acids is 2. The number of carbonyl (C=O) groups is 2. The van der Waals surface area contributed by atoms with Gasteiger partial charge in [-0.15, -0.1) is 0 Å². The Kier molecular flexibility index (Phi) is 6.39. The van der Waals surface area contributed by atoms with Crippen LogP contribution in [0.2, 0.25) is 0 Å². The lowest BCUT2D eigenvalue weighted by Gasteiger charge is -2.18. The minimum absolute atomic E-state index is 0.229. The van der Waals surface area contributed by atoms with E-state index in [2.05, 4.69) is 12.2 Å². The molecule has 2 rings (SSSR count). The Labute approximate surface area is 148 Å². The summed E-state index contributed by atoms with van der Waals surface area (Å²) in [4.78, 5) is 24.4. The first-order valence-corrected chi connectivity index (χ1v) is 8.53. The molecule has 0 fully saturated rings. The summed E-state index contributed by atoms with van der Waals surface area (Å²) in [6.07, 6.45) is 0.0433. The van der Waals surface area contributed by atoms with E-state index in [-0.39, 0.29) is 11.8 Å². The fraction of sp³-hybridized carbons (Fsp3) is 0.400. The maximum absolute atomic E-state index is 12.2. The molecule has 0 aliphatic heterocycles. The number of amides is 1. The monoisotopic (exact) mass is 343 g/mol. The Morgan fingerprint density at radius 1 is 1.20 bits per heavy atom. The molecule has 25 heavy (non-hydrogen) atoms. The standard InChI is InChI=1S/C20H25NO4/c1-5-16(17-9-7-6-8-10-17)12-21-19(22)15(4)25-20(23)18-11-13(2)24-14(18)3/h6-11,15-16H,5,12H2,1-4H3,(H,21,22)/t15-,16+/m1/s1. The van der Waals surface area contributed by atoms with Crippen molar-refractivity contribution >= 4 is 11.9 Å². The molecule has 0 saturated carbocycles. The Hall–Kier alpha value is -2.56. The normalized spacial score (nSPS) is 13.1. The van der Waals surface area contributed by atoms with Crippen LogP contribution in [0.1, 0.15) is 53.6 Å². The molecule has 0 unspecified atom stereocenters. The van der Waals surface area contributed by atoms with Crippen molar-refractivity contribution in [3.63, 3.8) is 0 Å². The smallest absolute Gasteiger partial charge is 0.342 e. The summed E-state index contributed by atoms with van der Waals surface area (Å²) >= 11 is 0. The van der Waals surface area contributed by atoms with E-state index < -0.39 is 12.1 Å². The maximum atomic E-state index is 12.2. The minimum Gasteiger partial charge on any atom is -0.466 e. The van der Waals surface area contributed by atoms with Crippen LogP contribution in [0.4, 0.5) is 0 Å². The molecule has 1 heterocycles. The van der Waals surface area contributed by atoms with E-state index in [0.717, 1.165) is 6.42 Å². The highest BCUT2D eigenvalue weighted by Crippen LogP contribution is 2.18. The summed E-state index contributed by atoms with van der Waals surface area (Å²) in [5.41, 5.74) is 1.53. The maximum Gasteiger partial charge on any atom is 0.342 e. The SMILES string of the molecule is CC[C@@H](CNC(=O)[C@@H](C)OC(=O)c1cc(C)oc1C)c1ccccc1. The second kappa shape index (κ2) is 8.51. The number of hydrogen-bond donors (Lipinski definition) is 1. The number of aryl methyl sites for hydroxylation is 2. The second-order valence-electron chi connectivity index (χ2n) is 6.14. The zero-order chi connectivity index (χ0) is 18.4. The van der Waals surface area contributed by atoms with Crippen LogP contribution in [0.15, 0.2) is 40.8 Å². The highest BCUT2D eigenvalue weighted by Gasteiger charge is 2.22. The summed E-state index contributed by atoms with van der Waals surface area (Å²) in [7, 11) is 0. The number of ether oxygens (including phenoxy) is 1. The van der Waals surface area contributed by atoms with Crippen molar-refractivity contribution in [1.29, 1.82) is 0 Å². The third kappa shape index (κ3) is 4.95. The molecule has 1 N–H and O–H groups in total. The van der Waals surface area contributed by atoms with Gasteiger partial charge in [0.2, 0.25) is 0 Å². The van der Waals surface area contributed by atoms with Crippen LogP contribution in [0, 0.1) is 13.8 Å². The molecule has 1 amide bonds. The molecular weight excluding hydrogens is 318 g/mol. The lowest BCUT2D eigenvalue weighted by molar-refractivity contribution is -0.129. The first-order chi connectivity index (χ1) is 11.9. The van der Waals surface area contributed by atoms with Crippen molar-refractivity contribution in [2.75, 3.05) is 6.54 Å². The molecule has 5 nitrogen and oxygen atoms in total. The second-order valence-corrected chi connectivity index (χ2v) is 6.14. The summed E-state index contributed by atoms with van der Waals surface area (Å²) in [5, 5.41) is 2.87. The molecule has 0 spiro atoms. The zero-order valence-electron chi connectivity index (χ0n) is 15.2. The van der Waals surface area contributed by atoms with Gasteiger partial charge in [-0.2, -0.15) is 0 Å². The van der Waals surface area contributed by atoms with E-state index in [1.165, 1.54) is 5.56 Å². The third-order valence-electron chi connectivity index (χ3n) is 4.20. The number of esters is 1. The van der Waals surface area contributed by atoms with Gasteiger partial charge in [0.15, 0.2) is 6.10 Å². The molecule has 2 aromatic rings. The first-order valence-electron chi connectivity index (χ1n) is 8.53. The van der Waals surface area contributed by atoms with Gasteiger partial charge >= 0.3 is 5.97 Å². The zero-order valence-corrected chi connectivity index (χ0v) is 15.2. The van der Waals surface area contributed by atoms with Crippen molar-refractivity contribution in [2.24, 2.45) is 0 Å². The molecular formula is C20H25NO4. The molecule has 1 aromatic carbocycles. The molecule has 0 radical (unpaired) electrons. The van der Waals surface area contributed by atoms with Gasteiger partial charge in [0.25, 0.3) is 5.91 Å². The van der Waals surface area contributed by atoms with Crippen LogP contribution >= 0.6 is 0 Å². The van der Waals surface area contributed by atoms with E-state index in [4.69, 9.17) is 9.15 Å². The van der Waals surface area contributed by atoms with Crippen LogP contribution in [-0.2, 0) is 9.53 Å². The molecule has 134 valence electrons. The minimum atomic E-state index is -0.865. The average Bonchev–Trinajstić information content (AvgIpc) is 2.94. The number of rotatable bonds is 7. The van der Waals surface area contributed by atoms with Crippen LogP contribution in [0.5, 0.6) is 0 Å². The molecule has 0 aliphatic carbocycles. The number of benzene rings is 1. The number of nitrogens with one attached hydrogen (secondary N) is 1. The predicted molar refractivity (Wildman–Crippen MR) is 95.5 cm³/mol. The first kappa shape index (κ1) is 18.8. The molecule has 2 atom stereocenters. The van der Waals surface area contributed by atoms with Crippen LogP contribution in [0.3, 0.4) is 0 Å². The number of furan rings is 1. The van der Waals surface area contributed by atoms with Gasteiger partial charge in [-0.3, -0.25) is 4.79 Å². The Bertz CT molecular complexity index is 721. The fourth-order valence-corrected chi connectivity index (χ4v) is 2.70. The molecule has 0 aliphatic rings. The number of hydrogen-bond acceptors (Lipinski definition) is 4. The molecule has 1 aromatic heterocycles. The lowest BCUT2D eigenvalue weighted by atomic mass is 9.96. The van der Waals surface area contributed by atoms with Crippen molar-refractivity contribution in [3.8, 4) is 0 Å².